The fourth-order valence-corrected chi connectivity index (χ4v) is 2.61. The summed E-state index contributed by atoms with van der Waals surface area (Å²) in [5.74, 6) is -0.0262. The number of rotatable bonds is 3. The molecule has 1 aromatic carbocycles. The molecule has 0 aliphatic heterocycles. The molecule has 0 saturated heterocycles. The molecule has 0 aliphatic carbocycles. The summed E-state index contributed by atoms with van der Waals surface area (Å²) < 4.78 is 38.6. The van der Waals surface area contributed by atoms with E-state index < -0.39 is 11.7 Å². The summed E-state index contributed by atoms with van der Waals surface area (Å²) in [4.78, 5) is 4.20. The number of hydrogen-bond donors (Lipinski definition) is 1. The van der Waals surface area contributed by atoms with Crippen LogP contribution in [0, 0.1) is 6.92 Å². The number of aliphatic hydroxyl groups is 1. The Morgan fingerprint density at radius 2 is 2.10 bits per heavy atom. The predicted octanol–water partition coefficient (Wildman–Crippen LogP) is 4.75. The fraction of sp³-hybridized carbons (Fsp3) is 0.214. The maximum atomic E-state index is 12.9. The first kappa shape index (κ1) is 14.6. The number of aryl methyl sites for hydroxylation is 1. The van der Waals surface area contributed by atoms with Gasteiger partial charge in [0.2, 0.25) is 0 Å². The summed E-state index contributed by atoms with van der Waals surface area (Å²) in [6, 6.07) is 4.15. The van der Waals surface area contributed by atoms with Gasteiger partial charge < -0.3 is 5.11 Å². The number of nitrogens with zero attached hydrogens (tertiary/aromatic N) is 1. The van der Waals surface area contributed by atoms with Crippen LogP contribution in [0.15, 0.2) is 35.9 Å². The summed E-state index contributed by atoms with van der Waals surface area (Å²) >= 11 is 1.24. The zero-order chi connectivity index (χ0) is 14.9. The van der Waals surface area contributed by atoms with Gasteiger partial charge in [-0.15, -0.1) is 11.3 Å². The molecule has 1 N–H and O–H groups in total. The number of hydrogen-bond acceptors (Lipinski definition) is 3. The number of aromatic nitrogens is 1. The van der Waals surface area contributed by atoms with E-state index in [-0.39, 0.29) is 17.7 Å². The van der Waals surface area contributed by atoms with E-state index in [1.807, 2.05) is 0 Å². The predicted molar refractivity (Wildman–Crippen MR) is 72.8 cm³/mol. The molecular weight excluding hydrogens is 287 g/mol. The van der Waals surface area contributed by atoms with Crippen molar-refractivity contribution in [3.63, 3.8) is 0 Å². The summed E-state index contributed by atoms with van der Waals surface area (Å²) in [5, 5.41) is 11.3. The van der Waals surface area contributed by atoms with E-state index in [4.69, 9.17) is 5.11 Å². The van der Waals surface area contributed by atoms with Crippen LogP contribution in [-0.4, -0.2) is 10.1 Å². The van der Waals surface area contributed by atoms with Crippen molar-refractivity contribution in [2.24, 2.45) is 0 Å². The Morgan fingerprint density at radius 1 is 1.40 bits per heavy atom. The average molecular weight is 299 g/mol. The first-order chi connectivity index (χ1) is 9.27. The van der Waals surface area contributed by atoms with E-state index in [9.17, 15) is 13.2 Å². The summed E-state index contributed by atoms with van der Waals surface area (Å²) in [6.45, 7) is 4.79. The summed E-state index contributed by atoms with van der Waals surface area (Å²) in [5.41, 5.74) is 0.537. The van der Waals surface area contributed by atoms with Gasteiger partial charge in [-0.25, -0.2) is 4.98 Å². The molecule has 0 spiro atoms. The van der Waals surface area contributed by atoms with Gasteiger partial charge in [0, 0.05) is 17.4 Å². The lowest BCUT2D eigenvalue weighted by molar-refractivity contribution is -0.138. The highest BCUT2D eigenvalue weighted by molar-refractivity contribution is 7.13. The fourth-order valence-electron chi connectivity index (χ4n) is 1.79. The summed E-state index contributed by atoms with van der Waals surface area (Å²) in [7, 11) is 0. The van der Waals surface area contributed by atoms with E-state index >= 15 is 0 Å². The van der Waals surface area contributed by atoms with Crippen LogP contribution in [0.3, 0.4) is 0 Å². The number of alkyl halides is 3. The van der Waals surface area contributed by atoms with Gasteiger partial charge in [-0.1, -0.05) is 18.7 Å². The Balaban J connectivity index is 2.38. The van der Waals surface area contributed by atoms with Crippen LogP contribution < -0.4 is 0 Å². The van der Waals surface area contributed by atoms with Gasteiger partial charge in [0.05, 0.1) is 17.0 Å². The highest BCUT2D eigenvalue weighted by Crippen LogP contribution is 2.35. The summed E-state index contributed by atoms with van der Waals surface area (Å²) in [6.07, 6.45) is -4.17. The molecule has 1 heterocycles. The van der Waals surface area contributed by atoms with E-state index in [1.54, 1.807) is 11.4 Å². The van der Waals surface area contributed by atoms with E-state index in [2.05, 4.69) is 11.6 Å². The first-order valence-corrected chi connectivity index (χ1v) is 6.64. The Bertz CT molecular complexity index is 646. The van der Waals surface area contributed by atoms with Gasteiger partial charge in [-0.2, -0.15) is 13.2 Å². The lowest BCUT2D eigenvalue weighted by atomic mass is 10.0. The maximum Gasteiger partial charge on any atom is 0.416 e. The maximum absolute atomic E-state index is 12.9. The zero-order valence-corrected chi connectivity index (χ0v) is 11.5. The molecule has 1 aromatic heterocycles. The second kappa shape index (κ2) is 5.28. The zero-order valence-electron chi connectivity index (χ0n) is 10.7. The number of thiazole rings is 1. The topological polar surface area (TPSA) is 33.1 Å². The molecule has 0 atom stereocenters. The van der Waals surface area contributed by atoms with E-state index in [0.717, 1.165) is 6.07 Å². The normalized spacial score (nSPS) is 11.6. The number of halogens is 3. The molecule has 2 aromatic rings. The minimum atomic E-state index is -4.38. The monoisotopic (exact) mass is 299 g/mol. The van der Waals surface area contributed by atoms with Gasteiger partial charge in [-0.05, 0) is 18.6 Å². The highest BCUT2D eigenvalue weighted by atomic mass is 32.1. The van der Waals surface area contributed by atoms with Gasteiger partial charge >= 0.3 is 6.18 Å². The lowest BCUT2D eigenvalue weighted by Crippen LogP contribution is -2.07. The van der Waals surface area contributed by atoms with Gasteiger partial charge in [0.25, 0.3) is 0 Å². The molecule has 0 amide bonds. The minimum absolute atomic E-state index is 0.0262. The lowest BCUT2D eigenvalue weighted by Gasteiger charge is -2.11. The Kier molecular flexibility index (Phi) is 3.85. The van der Waals surface area contributed by atoms with Crippen LogP contribution in [0.5, 0.6) is 0 Å². The van der Waals surface area contributed by atoms with E-state index in [1.165, 1.54) is 24.3 Å². The number of allylic oxidation sites excluding steroid dienone is 1. The van der Waals surface area contributed by atoms with Crippen molar-refractivity contribution in [3.8, 4) is 10.6 Å². The van der Waals surface area contributed by atoms with Crippen LogP contribution in [0.25, 0.3) is 10.6 Å². The quantitative estimate of drug-likeness (QED) is 0.829. The van der Waals surface area contributed by atoms with Crippen molar-refractivity contribution in [1.82, 2.24) is 4.98 Å². The van der Waals surface area contributed by atoms with Gasteiger partial charge in [0.1, 0.15) is 5.01 Å². The van der Waals surface area contributed by atoms with Crippen molar-refractivity contribution in [1.29, 1.82) is 0 Å². The van der Waals surface area contributed by atoms with Crippen LogP contribution in [0.4, 0.5) is 13.2 Å². The van der Waals surface area contributed by atoms with Gasteiger partial charge in [-0.3, -0.25) is 0 Å². The molecule has 0 bridgehead atoms. The van der Waals surface area contributed by atoms with Crippen LogP contribution in [-0.2, 0) is 12.6 Å². The number of benzene rings is 1. The van der Waals surface area contributed by atoms with Crippen LogP contribution >= 0.6 is 11.3 Å². The van der Waals surface area contributed by atoms with Crippen molar-refractivity contribution in [2.45, 2.75) is 19.5 Å². The largest absolute Gasteiger partial charge is 0.513 e. The third-order valence-electron chi connectivity index (χ3n) is 2.73. The Labute approximate surface area is 118 Å². The van der Waals surface area contributed by atoms with E-state index in [0.29, 0.717) is 16.3 Å². The standard InChI is InChI=1S/C14H12F3NOS/c1-8-3-4-10(6-12(8)14(15,16)17)13-18-11(7-20-13)5-9(2)19/h3-4,6-7,19H,2,5H2,1H3. The van der Waals surface area contributed by atoms with Crippen molar-refractivity contribution in [2.75, 3.05) is 0 Å². The molecule has 20 heavy (non-hydrogen) atoms. The molecule has 2 rings (SSSR count). The number of aliphatic hydroxyl groups excluding tert-OH is 1. The molecule has 106 valence electrons. The molecule has 6 heteroatoms. The molecular formula is C14H12F3NOS. The van der Waals surface area contributed by atoms with Crippen LogP contribution in [0.2, 0.25) is 0 Å². The molecule has 0 fully saturated rings. The molecule has 0 aliphatic rings. The SMILES string of the molecule is C=C(O)Cc1csc(-c2ccc(C)c(C(F)(F)F)c2)n1. The van der Waals surface area contributed by atoms with Gasteiger partial charge in [0.15, 0.2) is 0 Å². The van der Waals surface area contributed by atoms with Crippen molar-refractivity contribution >= 4 is 11.3 Å². The smallest absolute Gasteiger partial charge is 0.416 e. The Morgan fingerprint density at radius 3 is 2.70 bits per heavy atom. The van der Waals surface area contributed by atoms with Crippen molar-refractivity contribution in [3.05, 3.63) is 52.7 Å². The average Bonchev–Trinajstić information content (AvgIpc) is 2.75. The third-order valence-corrected chi connectivity index (χ3v) is 3.67. The second-order valence-corrected chi connectivity index (χ2v) is 5.27. The highest BCUT2D eigenvalue weighted by Gasteiger charge is 2.32. The molecule has 2 nitrogen and oxygen atoms in total. The molecule has 0 saturated carbocycles. The molecule has 0 radical (unpaired) electrons. The second-order valence-electron chi connectivity index (χ2n) is 4.41. The minimum Gasteiger partial charge on any atom is -0.513 e. The first-order valence-electron chi connectivity index (χ1n) is 5.76. The Hall–Kier alpha value is -1.82. The van der Waals surface area contributed by atoms with Crippen molar-refractivity contribution < 1.29 is 18.3 Å². The molecule has 0 unspecified atom stereocenters. The third kappa shape index (κ3) is 3.19. The van der Waals surface area contributed by atoms with Crippen LogP contribution in [0.1, 0.15) is 16.8 Å².